The Morgan fingerprint density at radius 1 is 1.11 bits per heavy atom. The van der Waals surface area contributed by atoms with Crippen LogP contribution in [0.25, 0.3) is 6.08 Å². The van der Waals surface area contributed by atoms with Gasteiger partial charge in [0.15, 0.2) is 0 Å². The second-order valence-electron chi connectivity index (χ2n) is 6.16. The number of rotatable bonds is 7. The summed E-state index contributed by atoms with van der Waals surface area (Å²) in [5.74, 6) is 0. The molecule has 0 saturated carbocycles. The normalized spacial score (nSPS) is 13.2. The van der Waals surface area contributed by atoms with Gasteiger partial charge >= 0.3 is 0 Å². The van der Waals surface area contributed by atoms with Gasteiger partial charge in [-0.25, -0.2) is 8.42 Å². The molecule has 1 aromatic heterocycles. The van der Waals surface area contributed by atoms with E-state index in [4.69, 9.17) is 4.42 Å². The van der Waals surface area contributed by atoms with Crippen LogP contribution in [0, 0.1) is 17.0 Å². The molecule has 28 heavy (non-hydrogen) atoms. The molecule has 1 atom stereocenters. The van der Waals surface area contributed by atoms with E-state index in [1.165, 1.54) is 30.7 Å². The van der Waals surface area contributed by atoms with Gasteiger partial charge in [0.25, 0.3) is 5.70 Å². The lowest BCUT2D eigenvalue weighted by molar-refractivity contribution is -0.429. The van der Waals surface area contributed by atoms with Gasteiger partial charge in [-0.2, -0.15) is 4.72 Å². The molecule has 0 radical (unpaired) electrons. The van der Waals surface area contributed by atoms with E-state index in [1.807, 2.05) is 6.92 Å². The van der Waals surface area contributed by atoms with Crippen LogP contribution in [-0.4, -0.2) is 13.3 Å². The predicted molar refractivity (Wildman–Crippen MR) is 104 cm³/mol. The van der Waals surface area contributed by atoms with Crippen LogP contribution in [0.4, 0.5) is 0 Å². The van der Waals surface area contributed by atoms with Gasteiger partial charge in [0.2, 0.25) is 10.0 Å². The molecular weight excluding hydrogens is 380 g/mol. The molecule has 0 amide bonds. The molecule has 0 aliphatic carbocycles. The van der Waals surface area contributed by atoms with Crippen molar-refractivity contribution in [3.05, 3.63) is 106 Å². The molecule has 0 bridgehead atoms. The third-order valence-corrected chi connectivity index (χ3v) is 5.54. The van der Waals surface area contributed by atoms with Crippen LogP contribution >= 0.6 is 0 Å². The number of hydrogen-bond donors (Lipinski definition) is 1. The topological polar surface area (TPSA) is 102 Å². The van der Waals surface area contributed by atoms with Crippen LogP contribution in [-0.2, 0) is 10.0 Å². The van der Waals surface area contributed by atoms with Crippen LogP contribution in [0.5, 0.6) is 0 Å². The number of aryl methyl sites for hydroxylation is 1. The molecule has 0 aliphatic heterocycles. The minimum absolute atomic E-state index is 0.0324. The van der Waals surface area contributed by atoms with Gasteiger partial charge in [-0.3, -0.25) is 10.1 Å². The summed E-state index contributed by atoms with van der Waals surface area (Å²) < 4.78 is 33.2. The van der Waals surface area contributed by atoms with Crippen molar-refractivity contribution in [2.45, 2.75) is 17.9 Å². The lowest BCUT2D eigenvalue weighted by atomic mass is 10.0. The van der Waals surface area contributed by atoms with Crippen molar-refractivity contribution >= 4 is 16.1 Å². The van der Waals surface area contributed by atoms with Gasteiger partial charge in [0.05, 0.1) is 22.3 Å². The van der Waals surface area contributed by atoms with E-state index < -0.39 is 21.0 Å². The van der Waals surface area contributed by atoms with E-state index in [2.05, 4.69) is 4.72 Å². The molecule has 1 unspecified atom stereocenters. The number of nitrogens with zero attached hydrogens (tertiary/aromatic N) is 1. The SMILES string of the molecule is Cc1ccc(S(=O)(=O)NC(/C(=C\c2ccoc2)[N+](=O)[O-])c2ccccc2)cc1. The van der Waals surface area contributed by atoms with Gasteiger partial charge in [0, 0.05) is 11.6 Å². The highest BCUT2D eigenvalue weighted by Gasteiger charge is 2.31. The molecule has 3 rings (SSSR count). The van der Waals surface area contributed by atoms with Crippen LogP contribution in [0.1, 0.15) is 22.7 Å². The molecule has 0 spiro atoms. The number of sulfonamides is 1. The molecule has 7 nitrogen and oxygen atoms in total. The predicted octanol–water partition coefficient (Wildman–Crippen LogP) is 3.93. The Kier molecular flexibility index (Phi) is 5.72. The number of nitrogens with one attached hydrogen (secondary N) is 1. The smallest absolute Gasteiger partial charge is 0.269 e. The van der Waals surface area contributed by atoms with E-state index in [9.17, 15) is 18.5 Å². The molecule has 0 fully saturated rings. The zero-order valence-corrected chi connectivity index (χ0v) is 15.8. The standard InChI is InChI=1S/C20H18N2O5S/c1-15-7-9-18(10-8-15)28(25,26)21-20(17-5-3-2-4-6-17)19(22(23)24)13-16-11-12-27-14-16/h2-14,20-21H,1H3/b19-13+. The maximum absolute atomic E-state index is 12.9. The van der Waals surface area contributed by atoms with Crippen molar-refractivity contribution in [2.75, 3.05) is 0 Å². The van der Waals surface area contributed by atoms with E-state index in [1.54, 1.807) is 48.5 Å². The summed E-state index contributed by atoms with van der Waals surface area (Å²) in [5.41, 5.74) is 1.50. The van der Waals surface area contributed by atoms with Crippen LogP contribution < -0.4 is 4.72 Å². The molecule has 8 heteroatoms. The summed E-state index contributed by atoms with van der Waals surface area (Å²) in [5, 5.41) is 11.8. The maximum Gasteiger partial charge on any atom is 0.269 e. The fourth-order valence-electron chi connectivity index (χ4n) is 2.65. The van der Waals surface area contributed by atoms with E-state index in [-0.39, 0.29) is 10.6 Å². The van der Waals surface area contributed by atoms with Crippen LogP contribution in [0.2, 0.25) is 0 Å². The monoisotopic (exact) mass is 398 g/mol. The van der Waals surface area contributed by atoms with Gasteiger partial charge in [-0.15, -0.1) is 0 Å². The van der Waals surface area contributed by atoms with E-state index in [0.717, 1.165) is 5.56 Å². The summed E-state index contributed by atoms with van der Waals surface area (Å²) in [6.45, 7) is 1.84. The largest absolute Gasteiger partial charge is 0.472 e. The minimum atomic E-state index is -4.00. The minimum Gasteiger partial charge on any atom is -0.472 e. The molecule has 3 aromatic rings. The Morgan fingerprint density at radius 2 is 1.79 bits per heavy atom. The Labute approximate surface area is 162 Å². The van der Waals surface area contributed by atoms with Crippen LogP contribution in [0.3, 0.4) is 0 Å². The van der Waals surface area contributed by atoms with Crippen LogP contribution in [0.15, 0.2) is 88.2 Å². The summed E-state index contributed by atoms with van der Waals surface area (Å²) in [4.78, 5) is 11.2. The first-order valence-corrected chi connectivity index (χ1v) is 9.87. The summed E-state index contributed by atoms with van der Waals surface area (Å²) in [7, 11) is -4.00. The van der Waals surface area contributed by atoms with Crippen molar-refractivity contribution in [2.24, 2.45) is 0 Å². The molecule has 0 aliphatic rings. The maximum atomic E-state index is 12.9. The van der Waals surface area contributed by atoms with Crippen molar-refractivity contribution < 1.29 is 17.8 Å². The third kappa shape index (κ3) is 4.54. The third-order valence-electron chi connectivity index (χ3n) is 4.10. The lowest BCUT2D eigenvalue weighted by Gasteiger charge is -2.17. The highest BCUT2D eigenvalue weighted by molar-refractivity contribution is 7.89. The van der Waals surface area contributed by atoms with Crippen molar-refractivity contribution in [1.29, 1.82) is 0 Å². The highest BCUT2D eigenvalue weighted by Crippen LogP contribution is 2.27. The second kappa shape index (κ2) is 8.20. The molecule has 2 aromatic carbocycles. The number of hydrogen-bond acceptors (Lipinski definition) is 5. The zero-order chi connectivity index (χ0) is 20.1. The number of furan rings is 1. The number of nitro groups is 1. The van der Waals surface area contributed by atoms with Gasteiger partial charge in [-0.05, 0) is 30.7 Å². The summed E-state index contributed by atoms with van der Waals surface area (Å²) >= 11 is 0. The summed E-state index contributed by atoms with van der Waals surface area (Å²) in [6.07, 6.45) is 4.02. The fraction of sp³-hybridized carbons (Fsp3) is 0.100. The zero-order valence-electron chi connectivity index (χ0n) is 15.0. The Bertz CT molecular complexity index is 1070. The average Bonchev–Trinajstić information content (AvgIpc) is 3.19. The second-order valence-corrected chi connectivity index (χ2v) is 7.88. The molecule has 1 heterocycles. The first-order chi connectivity index (χ1) is 13.4. The molecule has 144 valence electrons. The molecule has 0 saturated heterocycles. The number of benzene rings is 2. The fourth-order valence-corrected chi connectivity index (χ4v) is 3.85. The first kappa shape index (κ1) is 19.5. The van der Waals surface area contributed by atoms with Gasteiger partial charge in [0.1, 0.15) is 6.04 Å². The molecule has 1 N–H and O–H groups in total. The van der Waals surface area contributed by atoms with Crippen molar-refractivity contribution in [3.8, 4) is 0 Å². The quantitative estimate of drug-likeness (QED) is 0.480. The summed E-state index contributed by atoms with van der Waals surface area (Å²) in [6, 6.07) is 15.0. The van der Waals surface area contributed by atoms with E-state index >= 15 is 0 Å². The van der Waals surface area contributed by atoms with Crippen molar-refractivity contribution in [1.82, 2.24) is 4.72 Å². The Morgan fingerprint density at radius 3 is 2.36 bits per heavy atom. The van der Waals surface area contributed by atoms with Crippen molar-refractivity contribution in [3.63, 3.8) is 0 Å². The van der Waals surface area contributed by atoms with Gasteiger partial charge < -0.3 is 4.42 Å². The Balaban J connectivity index is 2.07. The highest BCUT2D eigenvalue weighted by atomic mass is 32.2. The Hall–Kier alpha value is -3.23. The van der Waals surface area contributed by atoms with Gasteiger partial charge in [-0.1, -0.05) is 48.0 Å². The average molecular weight is 398 g/mol. The van der Waals surface area contributed by atoms with E-state index in [0.29, 0.717) is 11.1 Å². The molecular formula is C20H18N2O5S. The lowest BCUT2D eigenvalue weighted by Crippen LogP contribution is -2.32. The first-order valence-electron chi connectivity index (χ1n) is 8.39.